The minimum absolute atomic E-state index is 0.550. The maximum Gasteiger partial charge on any atom is 0.0576 e. The van der Waals surface area contributed by atoms with Crippen LogP contribution in [0.1, 0.15) is 51.9 Å². The second-order valence-electron chi connectivity index (χ2n) is 4.85. The predicted molar refractivity (Wildman–Crippen MR) is 71.4 cm³/mol. The summed E-state index contributed by atoms with van der Waals surface area (Å²) in [6.07, 6.45) is 9.08. The summed E-state index contributed by atoms with van der Waals surface area (Å²) in [4.78, 5) is 0. The Labute approximate surface area is 106 Å². The van der Waals surface area contributed by atoms with E-state index < -0.39 is 0 Å². The maximum absolute atomic E-state index is 5.59. The highest BCUT2D eigenvalue weighted by molar-refractivity contribution is 4.65. The molecule has 0 bridgehead atoms. The van der Waals surface area contributed by atoms with Gasteiger partial charge in [0.25, 0.3) is 0 Å². The molecule has 0 aromatic heterocycles. The van der Waals surface area contributed by atoms with E-state index in [2.05, 4.69) is 12.2 Å². The van der Waals surface area contributed by atoms with Gasteiger partial charge in [0.2, 0.25) is 0 Å². The molecule has 1 saturated heterocycles. The summed E-state index contributed by atoms with van der Waals surface area (Å²) in [6.45, 7) is 7.20. The minimum atomic E-state index is 0.550. The predicted octanol–water partition coefficient (Wildman–Crippen LogP) is 2.74. The van der Waals surface area contributed by atoms with Crippen molar-refractivity contribution in [3.63, 3.8) is 0 Å². The Bertz CT molecular complexity index is 158. The van der Waals surface area contributed by atoms with Gasteiger partial charge in [-0.1, -0.05) is 13.3 Å². The number of unbranched alkanes of at least 4 members (excludes halogenated alkanes) is 1. The highest BCUT2D eigenvalue weighted by atomic mass is 16.5. The molecule has 102 valence electrons. The zero-order valence-electron chi connectivity index (χ0n) is 11.4. The molecule has 1 atom stereocenters. The fourth-order valence-electron chi connectivity index (χ4n) is 2.10. The SMILES string of the molecule is CCCCOCCCNCCCC1CCCO1. The maximum atomic E-state index is 5.59. The molecule has 1 unspecified atom stereocenters. The topological polar surface area (TPSA) is 30.5 Å². The summed E-state index contributed by atoms with van der Waals surface area (Å²) in [5.41, 5.74) is 0. The van der Waals surface area contributed by atoms with E-state index in [1.54, 1.807) is 0 Å². The van der Waals surface area contributed by atoms with E-state index in [1.165, 1.54) is 38.5 Å². The van der Waals surface area contributed by atoms with Crippen LogP contribution in [0.25, 0.3) is 0 Å². The van der Waals surface area contributed by atoms with Crippen molar-refractivity contribution in [3.8, 4) is 0 Å². The van der Waals surface area contributed by atoms with Crippen molar-refractivity contribution in [2.24, 2.45) is 0 Å². The summed E-state index contributed by atoms with van der Waals surface area (Å²) in [7, 11) is 0. The molecule has 1 rings (SSSR count). The fourth-order valence-corrected chi connectivity index (χ4v) is 2.10. The zero-order valence-corrected chi connectivity index (χ0v) is 11.4. The summed E-state index contributed by atoms with van der Waals surface area (Å²) >= 11 is 0. The Morgan fingerprint density at radius 3 is 2.76 bits per heavy atom. The molecule has 1 aliphatic rings. The van der Waals surface area contributed by atoms with E-state index in [0.717, 1.165) is 39.3 Å². The number of hydrogen-bond donors (Lipinski definition) is 1. The fraction of sp³-hybridized carbons (Fsp3) is 1.00. The lowest BCUT2D eigenvalue weighted by atomic mass is 10.1. The molecule has 0 saturated carbocycles. The average Bonchev–Trinajstić information content (AvgIpc) is 2.85. The van der Waals surface area contributed by atoms with Gasteiger partial charge >= 0.3 is 0 Å². The molecule has 1 fully saturated rings. The van der Waals surface area contributed by atoms with Gasteiger partial charge in [-0.3, -0.25) is 0 Å². The molecule has 1 N–H and O–H groups in total. The third-order valence-corrected chi connectivity index (χ3v) is 3.19. The number of hydrogen-bond acceptors (Lipinski definition) is 3. The molecule has 0 radical (unpaired) electrons. The highest BCUT2D eigenvalue weighted by Crippen LogP contribution is 2.16. The molecular weight excluding hydrogens is 214 g/mol. The van der Waals surface area contributed by atoms with E-state index in [-0.39, 0.29) is 0 Å². The Kier molecular flexibility index (Phi) is 9.66. The van der Waals surface area contributed by atoms with Crippen LogP contribution in [-0.2, 0) is 9.47 Å². The van der Waals surface area contributed by atoms with Crippen LogP contribution < -0.4 is 5.32 Å². The van der Waals surface area contributed by atoms with Gasteiger partial charge in [0, 0.05) is 19.8 Å². The van der Waals surface area contributed by atoms with Gasteiger partial charge in [0.15, 0.2) is 0 Å². The van der Waals surface area contributed by atoms with E-state index >= 15 is 0 Å². The second kappa shape index (κ2) is 11.0. The molecule has 0 aromatic rings. The van der Waals surface area contributed by atoms with Crippen molar-refractivity contribution in [1.29, 1.82) is 0 Å². The van der Waals surface area contributed by atoms with Crippen molar-refractivity contribution >= 4 is 0 Å². The van der Waals surface area contributed by atoms with Gasteiger partial charge in [-0.2, -0.15) is 0 Å². The standard InChI is InChI=1S/C14H29NO2/c1-2-3-11-16-12-6-10-15-9-4-7-14-8-5-13-17-14/h14-15H,2-13H2,1H3. The molecule has 17 heavy (non-hydrogen) atoms. The van der Waals surface area contributed by atoms with Gasteiger partial charge in [-0.25, -0.2) is 0 Å². The lowest BCUT2D eigenvalue weighted by molar-refractivity contribution is 0.102. The van der Waals surface area contributed by atoms with Crippen LogP contribution in [0.5, 0.6) is 0 Å². The minimum Gasteiger partial charge on any atom is -0.381 e. The van der Waals surface area contributed by atoms with Gasteiger partial charge in [0.1, 0.15) is 0 Å². The van der Waals surface area contributed by atoms with Crippen molar-refractivity contribution in [2.75, 3.05) is 32.9 Å². The first kappa shape index (κ1) is 14.9. The molecule has 1 heterocycles. The first-order valence-electron chi connectivity index (χ1n) is 7.33. The third kappa shape index (κ3) is 8.58. The molecule has 3 heteroatoms. The smallest absolute Gasteiger partial charge is 0.0576 e. The quantitative estimate of drug-likeness (QED) is 0.566. The first-order valence-corrected chi connectivity index (χ1v) is 7.33. The van der Waals surface area contributed by atoms with Crippen molar-refractivity contribution in [3.05, 3.63) is 0 Å². The van der Waals surface area contributed by atoms with Crippen LogP contribution in [0.15, 0.2) is 0 Å². The van der Waals surface area contributed by atoms with Gasteiger partial charge in [0.05, 0.1) is 6.10 Å². The third-order valence-electron chi connectivity index (χ3n) is 3.19. The molecule has 0 aliphatic carbocycles. The molecule has 0 aromatic carbocycles. The Morgan fingerprint density at radius 2 is 2.00 bits per heavy atom. The highest BCUT2D eigenvalue weighted by Gasteiger charge is 2.13. The van der Waals surface area contributed by atoms with Gasteiger partial charge < -0.3 is 14.8 Å². The monoisotopic (exact) mass is 243 g/mol. The summed E-state index contributed by atoms with van der Waals surface area (Å²) in [6, 6.07) is 0. The van der Waals surface area contributed by atoms with E-state index in [4.69, 9.17) is 9.47 Å². The summed E-state index contributed by atoms with van der Waals surface area (Å²) in [5.74, 6) is 0. The van der Waals surface area contributed by atoms with Crippen LogP contribution in [0.4, 0.5) is 0 Å². The summed E-state index contributed by atoms with van der Waals surface area (Å²) < 4.78 is 11.1. The second-order valence-corrected chi connectivity index (χ2v) is 4.85. The van der Waals surface area contributed by atoms with Crippen LogP contribution in [-0.4, -0.2) is 39.0 Å². The van der Waals surface area contributed by atoms with E-state index in [0.29, 0.717) is 6.10 Å². The molecular formula is C14H29NO2. The summed E-state index contributed by atoms with van der Waals surface area (Å²) in [5, 5.41) is 3.46. The van der Waals surface area contributed by atoms with Crippen LogP contribution in [0.2, 0.25) is 0 Å². The molecule has 0 amide bonds. The van der Waals surface area contributed by atoms with Gasteiger partial charge in [-0.15, -0.1) is 0 Å². The number of nitrogens with one attached hydrogen (secondary N) is 1. The van der Waals surface area contributed by atoms with Crippen molar-refractivity contribution < 1.29 is 9.47 Å². The van der Waals surface area contributed by atoms with E-state index in [9.17, 15) is 0 Å². The normalized spacial score (nSPS) is 19.9. The molecule has 3 nitrogen and oxygen atoms in total. The van der Waals surface area contributed by atoms with Crippen LogP contribution in [0.3, 0.4) is 0 Å². The lowest BCUT2D eigenvalue weighted by Crippen LogP contribution is -2.19. The molecule has 0 spiro atoms. The Balaban J connectivity index is 1.69. The zero-order chi connectivity index (χ0) is 12.2. The van der Waals surface area contributed by atoms with Crippen LogP contribution >= 0.6 is 0 Å². The van der Waals surface area contributed by atoms with E-state index in [1.807, 2.05) is 0 Å². The van der Waals surface area contributed by atoms with Crippen molar-refractivity contribution in [1.82, 2.24) is 5.32 Å². The van der Waals surface area contributed by atoms with Gasteiger partial charge in [-0.05, 0) is 51.6 Å². The molecule has 1 aliphatic heterocycles. The largest absolute Gasteiger partial charge is 0.381 e. The Hall–Kier alpha value is -0.120. The van der Waals surface area contributed by atoms with Crippen LogP contribution in [0, 0.1) is 0 Å². The number of ether oxygens (including phenoxy) is 2. The lowest BCUT2D eigenvalue weighted by Gasteiger charge is -2.09. The number of rotatable bonds is 11. The van der Waals surface area contributed by atoms with Crippen molar-refractivity contribution in [2.45, 2.75) is 58.0 Å². The average molecular weight is 243 g/mol. The first-order chi connectivity index (χ1) is 8.43. The Morgan fingerprint density at radius 1 is 1.18 bits per heavy atom.